The fourth-order valence-electron chi connectivity index (χ4n) is 3.58. The van der Waals surface area contributed by atoms with E-state index >= 15 is 0 Å². The summed E-state index contributed by atoms with van der Waals surface area (Å²) in [6.07, 6.45) is 0. The molecule has 4 rings (SSSR count). The normalized spacial score (nSPS) is 14.1. The maximum Gasteiger partial charge on any atom is 0.281 e. The highest BCUT2D eigenvalue weighted by molar-refractivity contribution is 6.36. The molecule has 27 heavy (non-hydrogen) atoms. The van der Waals surface area contributed by atoms with Crippen LogP contribution in [0.2, 0.25) is 10.0 Å². The maximum atomic E-state index is 6.59. The summed E-state index contributed by atoms with van der Waals surface area (Å²) in [6.45, 7) is 3.66. The summed E-state index contributed by atoms with van der Waals surface area (Å²) in [5.74, 6) is 1.17. The molecule has 0 aromatic heterocycles. The van der Waals surface area contributed by atoms with Crippen LogP contribution in [0.25, 0.3) is 0 Å². The van der Waals surface area contributed by atoms with Crippen molar-refractivity contribution in [2.45, 2.75) is 13.1 Å². The van der Waals surface area contributed by atoms with Crippen molar-refractivity contribution in [2.75, 3.05) is 13.1 Å². The van der Waals surface area contributed by atoms with Crippen LogP contribution >= 0.6 is 23.2 Å². The lowest BCUT2D eigenvalue weighted by atomic mass is 10.1. The molecule has 0 N–H and O–H groups in total. The van der Waals surface area contributed by atoms with Gasteiger partial charge in [-0.2, -0.15) is 0 Å². The first kappa shape index (κ1) is 18.1. The molecule has 0 fully saturated rings. The Labute approximate surface area is 170 Å². The van der Waals surface area contributed by atoms with Crippen molar-refractivity contribution >= 4 is 29.0 Å². The molecule has 0 amide bonds. The maximum absolute atomic E-state index is 6.59. The third kappa shape index (κ3) is 4.18. The van der Waals surface area contributed by atoms with Gasteiger partial charge in [-0.3, -0.25) is 9.48 Å². The summed E-state index contributed by atoms with van der Waals surface area (Å²) in [4.78, 5) is 2.41. The standard InChI is InChI=1S/C23H21Cl2N2/c24-20-11-12-21(22(25)15-20)23-26(16-18-7-3-1-4-8-18)13-14-27(23)17-19-9-5-2-6-10-19/h1-12,15H,13-14,16-17H2/q+1. The molecule has 0 aliphatic carbocycles. The van der Waals surface area contributed by atoms with Crippen LogP contribution in [0.5, 0.6) is 0 Å². The smallest absolute Gasteiger partial charge is 0.253 e. The average molecular weight is 396 g/mol. The van der Waals surface area contributed by atoms with Crippen molar-refractivity contribution in [2.24, 2.45) is 0 Å². The fourth-order valence-corrected chi connectivity index (χ4v) is 4.07. The summed E-state index contributed by atoms with van der Waals surface area (Å²) >= 11 is 12.7. The minimum atomic E-state index is 0.659. The highest BCUT2D eigenvalue weighted by Crippen LogP contribution is 2.25. The lowest BCUT2D eigenvalue weighted by Gasteiger charge is -2.15. The minimum absolute atomic E-state index is 0.659. The molecule has 0 saturated carbocycles. The first-order chi connectivity index (χ1) is 13.2. The largest absolute Gasteiger partial charge is 0.281 e. The van der Waals surface area contributed by atoms with Gasteiger partial charge in [-0.25, -0.2) is 0 Å². The van der Waals surface area contributed by atoms with Gasteiger partial charge in [-0.1, -0.05) is 83.9 Å². The van der Waals surface area contributed by atoms with Crippen molar-refractivity contribution in [1.82, 2.24) is 4.90 Å². The van der Waals surface area contributed by atoms with E-state index in [1.165, 1.54) is 17.0 Å². The van der Waals surface area contributed by atoms with E-state index in [-0.39, 0.29) is 0 Å². The fraction of sp³-hybridized carbons (Fsp3) is 0.174. The Morgan fingerprint density at radius 2 is 1.48 bits per heavy atom. The van der Waals surface area contributed by atoms with Crippen molar-refractivity contribution in [1.29, 1.82) is 0 Å². The molecule has 0 spiro atoms. The van der Waals surface area contributed by atoms with E-state index in [0.29, 0.717) is 10.0 Å². The summed E-state index contributed by atoms with van der Waals surface area (Å²) < 4.78 is 2.41. The predicted molar refractivity (Wildman–Crippen MR) is 113 cm³/mol. The molecule has 3 aromatic rings. The van der Waals surface area contributed by atoms with Gasteiger partial charge in [0.05, 0.1) is 10.6 Å². The Morgan fingerprint density at radius 3 is 2.15 bits per heavy atom. The zero-order valence-corrected chi connectivity index (χ0v) is 16.5. The van der Waals surface area contributed by atoms with Gasteiger partial charge in [0.2, 0.25) is 0 Å². The highest BCUT2D eigenvalue weighted by atomic mass is 35.5. The second-order valence-electron chi connectivity index (χ2n) is 6.76. The van der Waals surface area contributed by atoms with E-state index in [0.717, 1.165) is 31.7 Å². The van der Waals surface area contributed by atoms with Gasteiger partial charge >= 0.3 is 0 Å². The Balaban J connectivity index is 1.73. The lowest BCUT2D eigenvalue weighted by Crippen LogP contribution is -2.30. The number of halogens is 2. The van der Waals surface area contributed by atoms with Crippen molar-refractivity contribution < 1.29 is 4.58 Å². The third-order valence-electron chi connectivity index (χ3n) is 4.84. The Kier molecular flexibility index (Phi) is 5.47. The van der Waals surface area contributed by atoms with Crippen LogP contribution in [0.4, 0.5) is 0 Å². The van der Waals surface area contributed by atoms with Crippen LogP contribution in [0.3, 0.4) is 0 Å². The second kappa shape index (κ2) is 8.16. The van der Waals surface area contributed by atoms with Crippen LogP contribution in [-0.4, -0.2) is 28.4 Å². The molecule has 1 aliphatic heterocycles. The molecule has 0 radical (unpaired) electrons. The van der Waals surface area contributed by atoms with Gasteiger partial charge in [0.25, 0.3) is 5.84 Å². The molecule has 3 aromatic carbocycles. The van der Waals surface area contributed by atoms with Crippen LogP contribution in [-0.2, 0) is 13.1 Å². The molecule has 0 unspecified atom stereocenters. The molecule has 1 aliphatic rings. The monoisotopic (exact) mass is 395 g/mol. The van der Waals surface area contributed by atoms with Crippen LogP contribution in [0.15, 0.2) is 78.9 Å². The summed E-state index contributed by atoms with van der Waals surface area (Å²) in [5.41, 5.74) is 3.62. The number of benzene rings is 3. The Morgan fingerprint density at radius 1 is 0.815 bits per heavy atom. The minimum Gasteiger partial charge on any atom is -0.253 e. The molecule has 136 valence electrons. The number of hydrogen-bond acceptors (Lipinski definition) is 1. The first-order valence-electron chi connectivity index (χ1n) is 9.11. The predicted octanol–water partition coefficient (Wildman–Crippen LogP) is 5.47. The molecule has 2 nitrogen and oxygen atoms in total. The summed E-state index contributed by atoms with van der Waals surface area (Å²) in [6, 6.07) is 26.9. The third-order valence-corrected chi connectivity index (χ3v) is 5.39. The van der Waals surface area contributed by atoms with Crippen LogP contribution in [0, 0.1) is 0 Å². The lowest BCUT2D eigenvalue weighted by molar-refractivity contribution is -0.533. The SMILES string of the molecule is Clc1ccc(C2=[N+](Cc3ccccc3)CCN2Cc2ccccc2)c(Cl)c1. The zero-order chi connectivity index (χ0) is 18.6. The van der Waals surface area contributed by atoms with E-state index in [2.05, 4.69) is 70.1 Å². The molecule has 1 heterocycles. The Bertz CT molecular complexity index is 953. The quantitative estimate of drug-likeness (QED) is 0.519. The van der Waals surface area contributed by atoms with Gasteiger partial charge in [0.1, 0.15) is 26.2 Å². The highest BCUT2D eigenvalue weighted by Gasteiger charge is 2.33. The molecular weight excluding hydrogens is 375 g/mol. The number of nitrogens with zero attached hydrogens (tertiary/aromatic N) is 2. The molecule has 0 bridgehead atoms. The van der Waals surface area contributed by atoms with Gasteiger partial charge in [0, 0.05) is 5.02 Å². The van der Waals surface area contributed by atoms with Gasteiger partial charge in [-0.15, -0.1) is 0 Å². The Hall–Kier alpha value is -2.29. The number of rotatable bonds is 5. The second-order valence-corrected chi connectivity index (χ2v) is 7.61. The zero-order valence-electron chi connectivity index (χ0n) is 15.0. The van der Waals surface area contributed by atoms with E-state index in [1.54, 1.807) is 0 Å². The molecular formula is C23H21Cl2N2+. The van der Waals surface area contributed by atoms with Crippen molar-refractivity contribution in [3.8, 4) is 0 Å². The van der Waals surface area contributed by atoms with E-state index < -0.39 is 0 Å². The first-order valence-corrected chi connectivity index (χ1v) is 9.86. The van der Waals surface area contributed by atoms with Crippen molar-refractivity contribution in [3.05, 3.63) is 106 Å². The van der Waals surface area contributed by atoms with Crippen molar-refractivity contribution in [3.63, 3.8) is 0 Å². The van der Waals surface area contributed by atoms with Gasteiger partial charge < -0.3 is 0 Å². The molecule has 0 atom stereocenters. The average Bonchev–Trinajstić information content (AvgIpc) is 3.05. The van der Waals surface area contributed by atoms with Gasteiger partial charge in [-0.05, 0) is 29.3 Å². The number of amidine groups is 1. The summed E-state index contributed by atoms with van der Waals surface area (Å²) in [7, 11) is 0. The molecule has 0 saturated heterocycles. The van der Waals surface area contributed by atoms with Gasteiger partial charge in [0.15, 0.2) is 0 Å². The molecule has 4 heteroatoms. The van der Waals surface area contributed by atoms with E-state index in [1.807, 2.05) is 18.2 Å². The van der Waals surface area contributed by atoms with E-state index in [9.17, 15) is 0 Å². The van der Waals surface area contributed by atoms with Crippen LogP contribution < -0.4 is 0 Å². The summed E-state index contributed by atoms with van der Waals surface area (Å²) in [5, 5.41) is 1.35. The number of hydrogen-bond donors (Lipinski definition) is 0. The van der Waals surface area contributed by atoms with Crippen LogP contribution in [0.1, 0.15) is 16.7 Å². The van der Waals surface area contributed by atoms with E-state index in [4.69, 9.17) is 23.2 Å². The topological polar surface area (TPSA) is 6.25 Å².